The molecule has 1 aromatic carbocycles. The van der Waals surface area contributed by atoms with E-state index in [0.717, 1.165) is 60.9 Å². The van der Waals surface area contributed by atoms with E-state index in [1.165, 1.54) is 10.4 Å². The molecular formula is C20H23ClN2O4S. The van der Waals surface area contributed by atoms with Crippen LogP contribution in [0.5, 0.6) is 11.5 Å². The fourth-order valence-electron chi connectivity index (χ4n) is 4.06. The highest BCUT2D eigenvalue weighted by molar-refractivity contribution is 7.14. The number of carbonyl (C=O) groups is 1. The fourth-order valence-corrected chi connectivity index (χ4v) is 5.38. The second kappa shape index (κ2) is 7.91. The summed E-state index contributed by atoms with van der Waals surface area (Å²) in [6, 6.07) is 7.80. The number of halogens is 1. The van der Waals surface area contributed by atoms with Gasteiger partial charge in [0.1, 0.15) is 5.60 Å². The monoisotopic (exact) mass is 422 g/mol. The molecule has 1 aromatic heterocycles. The van der Waals surface area contributed by atoms with Gasteiger partial charge in [-0.1, -0.05) is 6.07 Å². The standard InChI is InChI=1S/C20H22N2O4S.ClH/c23-19(22-11-13-1-2-15-16(9-13)25-12-24-15)17-10-14-3-8-26-20(18(14)27-17)4-6-21-7-5-20;/h1-2,9-10,21H,3-8,11-12H2,(H,22,23);1H. The number of hydrogen-bond donors (Lipinski definition) is 2. The van der Waals surface area contributed by atoms with E-state index >= 15 is 0 Å². The van der Waals surface area contributed by atoms with Crippen molar-refractivity contribution in [1.29, 1.82) is 0 Å². The van der Waals surface area contributed by atoms with Crippen molar-refractivity contribution in [2.75, 3.05) is 26.5 Å². The largest absolute Gasteiger partial charge is 0.454 e. The van der Waals surface area contributed by atoms with Crippen LogP contribution in [0.25, 0.3) is 0 Å². The molecule has 2 aromatic rings. The second-order valence-electron chi connectivity index (χ2n) is 7.18. The number of hydrogen-bond acceptors (Lipinski definition) is 6. The average Bonchev–Trinajstić information content (AvgIpc) is 3.34. The lowest BCUT2D eigenvalue weighted by Gasteiger charge is -2.40. The zero-order chi connectivity index (χ0) is 18.3. The lowest BCUT2D eigenvalue weighted by Crippen LogP contribution is -2.43. The number of ether oxygens (including phenoxy) is 3. The van der Waals surface area contributed by atoms with Gasteiger partial charge in [0.15, 0.2) is 11.5 Å². The molecule has 6 nitrogen and oxygen atoms in total. The lowest BCUT2D eigenvalue weighted by molar-refractivity contribution is -0.0771. The lowest BCUT2D eigenvalue weighted by atomic mass is 9.86. The Labute approximate surface area is 174 Å². The zero-order valence-corrected chi connectivity index (χ0v) is 17.0. The highest BCUT2D eigenvalue weighted by atomic mass is 35.5. The van der Waals surface area contributed by atoms with Crippen LogP contribution in [0.15, 0.2) is 24.3 Å². The molecular weight excluding hydrogens is 400 g/mol. The minimum Gasteiger partial charge on any atom is -0.454 e. The highest BCUT2D eigenvalue weighted by Crippen LogP contribution is 2.44. The number of benzene rings is 1. The van der Waals surface area contributed by atoms with Crippen LogP contribution in [0.2, 0.25) is 0 Å². The van der Waals surface area contributed by atoms with E-state index in [0.29, 0.717) is 6.54 Å². The number of fused-ring (bicyclic) bond motifs is 3. The normalized spacial score (nSPS) is 19.0. The fraction of sp³-hybridized carbons (Fsp3) is 0.450. The van der Waals surface area contributed by atoms with Crippen LogP contribution >= 0.6 is 23.7 Å². The summed E-state index contributed by atoms with van der Waals surface area (Å²) >= 11 is 1.59. The van der Waals surface area contributed by atoms with E-state index in [9.17, 15) is 4.79 Å². The van der Waals surface area contributed by atoms with Crippen LogP contribution in [0.1, 0.15) is 38.5 Å². The number of piperidine rings is 1. The Morgan fingerprint density at radius 1 is 1.18 bits per heavy atom. The van der Waals surface area contributed by atoms with Crippen molar-refractivity contribution >= 4 is 29.7 Å². The molecule has 1 fully saturated rings. The third-order valence-corrected chi connectivity index (χ3v) is 6.86. The van der Waals surface area contributed by atoms with E-state index in [1.807, 2.05) is 18.2 Å². The van der Waals surface area contributed by atoms with Crippen molar-refractivity contribution in [2.24, 2.45) is 0 Å². The highest BCUT2D eigenvalue weighted by Gasteiger charge is 2.41. The molecule has 1 saturated heterocycles. The molecule has 5 rings (SSSR count). The second-order valence-corrected chi connectivity index (χ2v) is 8.23. The number of amides is 1. The molecule has 0 aliphatic carbocycles. The van der Waals surface area contributed by atoms with Gasteiger partial charge in [-0.2, -0.15) is 0 Å². The molecule has 150 valence electrons. The van der Waals surface area contributed by atoms with Crippen LogP contribution in [0, 0.1) is 0 Å². The maximum atomic E-state index is 12.7. The Hall–Kier alpha value is -1.80. The molecule has 1 amide bonds. The van der Waals surface area contributed by atoms with Gasteiger partial charge in [0, 0.05) is 11.4 Å². The third-order valence-electron chi connectivity index (χ3n) is 5.50. The first-order valence-electron chi connectivity index (χ1n) is 9.38. The quantitative estimate of drug-likeness (QED) is 0.795. The van der Waals surface area contributed by atoms with E-state index in [-0.39, 0.29) is 30.7 Å². The molecule has 4 heterocycles. The van der Waals surface area contributed by atoms with Gasteiger partial charge in [0.25, 0.3) is 5.91 Å². The molecule has 0 atom stereocenters. The van der Waals surface area contributed by atoms with Gasteiger partial charge in [0.05, 0.1) is 11.5 Å². The van der Waals surface area contributed by atoms with Gasteiger partial charge >= 0.3 is 0 Å². The van der Waals surface area contributed by atoms with Gasteiger partial charge in [0.2, 0.25) is 6.79 Å². The minimum absolute atomic E-state index is 0. The van der Waals surface area contributed by atoms with Crippen molar-refractivity contribution < 1.29 is 19.0 Å². The number of thiophene rings is 1. The Morgan fingerprint density at radius 3 is 2.86 bits per heavy atom. The first-order chi connectivity index (χ1) is 13.2. The Bertz CT molecular complexity index is 879. The maximum Gasteiger partial charge on any atom is 0.261 e. The molecule has 0 unspecified atom stereocenters. The number of carbonyl (C=O) groups excluding carboxylic acids is 1. The molecule has 3 aliphatic heterocycles. The SMILES string of the molecule is Cl.O=C(NCc1ccc2c(c1)OCO2)c1cc2c(s1)C1(CCNCC1)OCC2. The molecule has 0 bridgehead atoms. The summed E-state index contributed by atoms with van der Waals surface area (Å²) in [5, 5.41) is 6.43. The Morgan fingerprint density at radius 2 is 2.00 bits per heavy atom. The van der Waals surface area contributed by atoms with Crippen LogP contribution in [-0.2, 0) is 23.3 Å². The van der Waals surface area contributed by atoms with Crippen molar-refractivity contribution in [1.82, 2.24) is 10.6 Å². The van der Waals surface area contributed by atoms with E-state index in [2.05, 4.69) is 16.7 Å². The maximum absolute atomic E-state index is 12.7. The molecule has 3 aliphatic rings. The van der Waals surface area contributed by atoms with Gasteiger partial charge < -0.3 is 24.8 Å². The number of nitrogens with one attached hydrogen (secondary N) is 2. The van der Waals surface area contributed by atoms with Gasteiger partial charge in [-0.3, -0.25) is 4.79 Å². The van der Waals surface area contributed by atoms with Crippen LogP contribution in [-0.4, -0.2) is 32.4 Å². The van der Waals surface area contributed by atoms with Crippen LogP contribution in [0.4, 0.5) is 0 Å². The topological polar surface area (TPSA) is 68.8 Å². The first kappa shape index (κ1) is 19.5. The molecule has 1 spiro atoms. The predicted octanol–water partition coefficient (Wildman–Crippen LogP) is 2.98. The third kappa shape index (κ3) is 3.48. The summed E-state index contributed by atoms with van der Waals surface area (Å²) in [4.78, 5) is 14.8. The summed E-state index contributed by atoms with van der Waals surface area (Å²) in [5.74, 6) is 1.46. The smallest absolute Gasteiger partial charge is 0.261 e. The summed E-state index contributed by atoms with van der Waals surface area (Å²) in [6.07, 6.45) is 2.83. The van der Waals surface area contributed by atoms with Gasteiger partial charge in [-0.15, -0.1) is 23.7 Å². The molecule has 8 heteroatoms. The van der Waals surface area contributed by atoms with Crippen molar-refractivity contribution in [3.63, 3.8) is 0 Å². The molecule has 0 radical (unpaired) electrons. The molecule has 2 N–H and O–H groups in total. The van der Waals surface area contributed by atoms with E-state index in [4.69, 9.17) is 14.2 Å². The summed E-state index contributed by atoms with van der Waals surface area (Å²) in [6.45, 7) is 3.38. The predicted molar refractivity (Wildman–Crippen MR) is 109 cm³/mol. The van der Waals surface area contributed by atoms with Gasteiger partial charge in [-0.25, -0.2) is 0 Å². The van der Waals surface area contributed by atoms with Crippen molar-refractivity contribution in [2.45, 2.75) is 31.4 Å². The van der Waals surface area contributed by atoms with Crippen molar-refractivity contribution in [3.05, 3.63) is 45.1 Å². The van der Waals surface area contributed by atoms with Crippen LogP contribution < -0.4 is 20.1 Å². The van der Waals surface area contributed by atoms with Crippen molar-refractivity contribution in [3.8, 4) is 11.5 Å². The summed E-state index contributed by atoms with van der Waals surface area (Å²) in [5.41, 5.74) is 2.08. The van der Waals surface area contributed by atoms with E-state index < -0.39 is 0 Å². The Balaban J connectivity index is 0.00000192. The molecule has 0 saturated carbocycles. The van der Waals surface area contributed by atoms with E-state index in [1.54, 1.807) is 11.3 Å². The van der Waals surface area contributed by atoms with Crippen LogP contribution in [0.3, 0.4) is 0 Å². The average molecular weight is 423 g/mol. The first-order valence-corrected chi connectivity index (χ1v) is 10.2. The number of rotatable bonds is 3. The Kier molecular flexibility index (Phi) is 5.51. The summed E-state index contributed by atoms with van der Waals surface area (Å²) < 4.78 is 16.9. The molecule has 28 heavy (non-hydrogen) atoms. The zero-order valence-electron chi connectivity index (χ0n) is 15.4. The summed E-state index contributed by atoms with van der Waals surface area (Å²) in [7, 11) is 0. The minimum atomic E-state index is -0.195. The van der Waals surface area contributed by atoms with Gasteiger partial charge in [-0.05, 0) is 61.7 Å².